The minimum absolute atomic E-state index is 0.371. The van der Waals surface area contributed by atoms with E-state index in [-0.39, 0.29) is 0 Å². The largest absolute Gasteiger partial charge is 0.493 e. The second kappa shape index (κ2) is 8.44. The molecule has 2 rings (SSSR count). The molecule has 0 amide bonds. The Bertz CT molecular complexity index is 693. The number of methoxy groups -OCH3 is 1. The van der Waals surface area contributed by atoms with Crippen LogP contribution in [0.4, 0.5) is 0 Å². The van der Waals surface area contributed by atoms with E-state index in [1.807, 2.05) is 12.1 Å². The van der Waals surface area contributed by atoms with Crippen LogP contribution in [0.1, 0.15) is 18.1 Å². The maximum Gasteiger partial charge on any atom is 0.175 e. The number of benzene rings is 2. The maximum absolute atomic E-state index is 8.96. The van der Waals surface area contributed by atoms with Crippen molar-refractivity contribution in [3.63, 3.8) is 0 Å². The van der Waals surface area contributed by atoms with Gasteiger partial charge in [0.15, 0.2) is 11.5 Å². The van der Waals surface area contributed by atoms with E-state index in [1.54, 1.807) is 19.2 Å². The highest BCUT2D eigenvalue weighted by atomic mass is 79.9. The summed E-state index contributed by atoms with van der Waals surface area (Å²) >= 11 is 3.40. The molecule has 0 saturated carbocycles. The number of ether oxygens (including phenoxy) is 3. The van der Waals surface area contributed by atoms with Crippen LogP contribution in [0.2, 0.25) is 0 Å². The molecule has 2 aromatic rings. The van der Waals surface area contributed by atoms with Crippen LogP contribution in [-0.2, 0) is 6.42 Å². The third-order valence-electron chi connectivity index (χ3n) is 3.29. The third-order valence-corrected chi connectivity index (χ3v) is 3.88. The normalized spacial score (nSPS) is 10.0. The summed E-state index contributed by atoms with van der Waals surface area (Å²) < 4.78 is 17.3. The van der Waals surface area contributed by atoms with Gasteiger partial charge in [-0.2, -0.15) is 5.26 Å². The van der Waals surface area contributed by atoms with Crippen molar-refractivity contribution < 1.29 is 14.2 Å². The average molecular weight is 376 g/mol. The zero-order chi connectivity index (χ0) is 16.7. The molecule has 120 valence electrons. The van der Waals surface area contributed by atoms with E-state index in [0.717, 1.165) is 12.2 Å². The smallest absolute Gasteiger partial charge is 0.175 e. The van der Waals surface area contributed by atoms with Gasteiger partial charge in [0.2, 0.25) is 0 Å². The first-order chi connectivity index (χ1) is 11.2. The quantitative estimate of drug-likeness (QED) is 0.675. The maximum atomic E-state index is 8.96. The molecular formula is C18H18BrNO3. The number of halogens is 1. The lowest BCUT2D eigenvalue weighted by Gasteiger charge is -2.13. The van der Waals surface area contributed by atoms with E-state index in [1.165, 1.54) is 5.56 Å². The highest BCUT2D eigenvalue weighted by Gasteiger charge is 2.11. The van der Waals surface area contributed by atoms with Crippen molar-refractivity contribution in [3.8, 4) is 23.3 Å². The fourth-order valence-electron chi connectivity index (χ4n) is 2.05. The van der Waals surface area contributed by atoms with Gasteiger partial charge in [0.05, 0.1) is 23.2 Å². The van der Waals surface area contributed by atoms with E-state index >= 15 is 0 Å². The Balaban J connectivity index is 1.92. The molecule has 0 aromatic heterocycles. The molecule has 4 nitrogen and oxygen atoms in total. The Morgan fingerprint density at radius 2 is 1.78 bits per heavy atom. The van der Waals surface area contributed by atoms with Gasteiger partial charge >= 0.3 is 0 Å². The van der Waals surface area contributed by atoms with Crippen LogP contribution >= 0.6 is 15.9 Å². The van der Waals surface area contributed by atoms with Gasteiger partial charge in [-0.15, -0.1) is 0 Å². The molecule has 2 aromatic carbocycles. The summed E-state index contributed by atoms with van der Waals surface area (Å²) in [6.07, 6.45) is 1.01. The van der Waals surface area contributed by atoms with E-state index in [2.05, 4.69) is 41.1 Å². The van der Waals surface area contributed by atoms with Gasteiger partial charge in [0.1, 0.15) is 19.0 Å². The van der Waals surface area contributed by atoms with Gasteiger partial charge in [-0.25, -0.2) is 0 Å². The van der Waals surface area contributed by atoms with Gasteiger partial charge in [0, 0.05) is 6.07 Å². The summed E-state index contributed by atoms with van der Waals surface area (Å²) in [5, 5.41) is 8.96. The lowest BCUT2D eigenvalue weighted by atomic mass is 10.2. The lowest BCUT2D eigenvalue weighted by Crippen LogP contribution is -2.10. The molecule has 0 fully saturated rings. The molecule has 0 N–H and O–H groups in total. The molecule has 0 radical (unpaired) electrons. The number of hydrogen-bond acceptors (Lipinski definition) is 4. The first-order valence-electron chi connectivity index (χ1n) is 7.30. The number of hydrogen-bond donors (Lipinski definition) is 0. The van der Waals surface area contributed by atoms with Gasteiger partial charge in [0.25, 0.3) is 0 Å². The van der Waals surface area contributed by atoms with Gasteiger partial charge in [-0.3, -0.25) is 0 Å². The third kappa shape index (κ3) is 4.64. The van der Waals surface area contributed by atoms with E-state index in [9.17, 15) is 0 Å². The molecule has 0 spiro atoms. The summed E-state index contributed by atoms with van der Waals surface area (Å²) in [6, 6.07) is 13.4. The number of nitrogens with zero attached hydrogens (tertiary/aromatic N) is 1. The summed E-state index contributed by atoms with van der Waals surface area (Å²) in [4.78, 5) is 0. The fourth-order valence-corrected chi connectivity index (χ4v) is 2.61. The predicted molar refractivity (Wildman–Crippen MR) is 92.2 cm³/mol. The van der Waals surface area contributed by atoms with Crippen LogP contribution in [-0.4, -0.2) is 20.3 Å². The van der Waals surface area contributed by atoms with E-state index < -0.39 is 0 Å². The molecule has 0 bridgehead atoms. The van der Waals surface area contributed by atoms with Gasteiger partial charge in [-0.05, 0) is 46.1 Å². The average Bonchev–Trinajstić information content (AvgIpc) is 2.59. The van der Waals surface area contributed by atoms with E-state index in [4.69, 9.17) is 19.5 Å². The highest BCUT2D eigenvalue weighted by molar-refractivity contribution is 9.10. The van der Waals surface area contributed by atoms with Crippen molar-refractivity contribution in [3.05, 3.63) is 52.0 Å². The molecule has 23 heavy (non-hydrogen) atoms. The van der Waals surface area contributed by atoms with Crippen molar-refractivity contribution >= 4 is 15.9 Å². The molecule has 0 aliphatic rings. The molecule has 5 heteroatoms. The summed E-state index contributed by atoms with van der Waals surface area (Å²) in [5.41, 5.74) is 1.79. The topological polar surface area (TPSA) is 51.5 Å². The lowest BCUT2D eigenvalue weighted by molar-refractivity contribution is 0.210. The van der Waals surface area contributed by atoms with Crippen molar-refractivity contribution in [1.82, 2.24) is 0 Å². The van der Waals surface area contributed by atoms with Crippen LogP contribution in [0.15, 0.2) is 40.9 Å². The van der Waals surface area contributed by atoms with Crippen LogP contribution in [0.25, 0.3) is 0 Å². The standard InChI is InChI=1S/C18H18BrNO3/c1-3-13-4-6-15(7-5-13)22-8-9-23-18-16(19)10-14(12-20)11-17(18)21-2/h4-7,10-11H,3,8-9H2,1-2H3. The van der Waals surface area contributed by atoms with E-state index in [0.29, 0.717) is 34.7 Å². The zero-order valence-electron chi connectivity index (χ0n) is 13.1. The first-order valence-corrected chi connectivity index (χ1v) is 8.09. The molecule has 0 atom stereocenters. The minimum atomic E-state index is 0.371. The number of rotatable bonds is 7. The number of aryl methyl sites for hydroxylation is 1. The van der Waals surface area contributed by atoms with Crippen LogP contribution in [0.3, 0.4) is 0 Å². The molecule has 0 heterocycles. The van der Waals surface area contributed by atoms with Crippen LogP contribution in [0.5, 0.6) is 17.2 Å². The monoisotopic (exact) mass is 375 g/mol. The first kappa shape index (κ1) is 17.2. The Hall–Kier alpha value is -2.19. The second-order valence-corrected chi connectivity index (χ2v) is 5.65. The van der Waals surface area contributed by atoms with Gasteiger partial charge in [-0.1, -0.05) is 19.1 Å². The molecule has 0 unspecified atom stereocenters. The van der Waals surface area contributed by atoms with Crippen molar-refractivity contribution in [2.24, 2.45) is 0 Å². The Morgan fingerprint density at radius 1 is 1.09 bits per heavy atom. The summed E-state index contributed by atoms with van der Waals surface area (Å²) in [5.74, 6) is 1.90. The minimum Gasteiger partial charge on any atom is -0.493 e. The van der Waals surface area contributed by atoms with Crippen LogP contribution in [0, 0.1) is 11.3 Å². The summed E-state index contributed by atoms with van der Waals surface area (Å²) in [6.45, 7) is 2.91. The highest BCUT2D eigenvalue weighted by Crippen LogP contribution is 2.36. The molecule has 0 aliphatic carbocycles. The fraction of sp³-hybridized carbons (Fsp3) is 0.278. The Labute approximate surface area is 144 Å². The summed E-state index contributed by atoms with van der Waals surface area (Å²) in [7, 11) is 1.54. The molecule has 0 saturated heterocycles. The van der Waals surface area contributed by atoms with Crippen molar-refractivity contribution in [2.45, 2.75) is 13.3 Å². The Morgan fingerprint density at radius 3 is 2.39 bits per heavy atom. The predicted octanol–water partition coefficient (Wildman–Crippen LogP) is 4.35. The van der Waals surface area contributed by atoms with Crippen molar-refractivity contribution in [2.75, 3.05) is 20.3 Å². The van der Waals surface area contributed by atoms with Crippen molar-refractivity contribution in [1.29, 1.82) is 5.26 Å². The second-order valence-electron chi connectivity index (χ2n) is 4.80. The van der Waals surface area contributed by atoms with Crippen LogP contribution < -0.4 is 14.2 Å². The molecular weight excluding hydrogens is 358 g/mol. The Kier molecular flexibility index (Phi) is 6.30. The molecule has 0 aliphatic heterocycles. The SMILES string of the molecule is CCc1ccc(OCCOc2c(Br)cc(C#N)cc2OC)cc1. The number of nitriles is 1. The van der Waals surface area contributed by atoms with Gasteiger partial charge < -0.3 is 14.2 Å². The zero-order valence-corrected chi connectivity index (χ0v) is 14.7.